The first kappa shape index (κ1) is 21.7. The normalized spacial score (nSPS) is 22.5. The molecule has 2 fully saturated rings. The van der Waals surface area contributed by atoms with Crippen LogP contribution in [-0.4, -0.2) is 59.9 Å². The fraction of sp³-hybridized carbons (Fsp3) is 0.684. The zero-order valence-corrected chi connectivity index (χ0v) is 18.2. The van der Waals surface area contributed by atoms with E-state index in [1.165, 1.54) is 42.0 Å². The zero-order valence-electron chi connectivity index (χ0n) is 16.6. The Labute approximate surface area is 169 Å². The van der Waals surface area contributed by atoms with Crippen molar-refractivity contribution in [3.8, 4) is 0 Å². The molecule has 2 N–H and O–H groups in total. The van der Waals surface area contributed by atoms with E-state index in [0.717, 1.165) is 45.3 Å². The average Bonchev–Trinajstić information content (AvgIpc) is 3.21. The Morgan fingerprint density at radius 1 is 1.00 bits per heavy atom. The summed E-state index contributed by atoms with van der Waals surface area (Å²) in [5, 5.41) is 0. The van der Waals surface area contributed by atoms with Crippen molar-refractivity contribution in [1.29, 1.82) is 0 Å². The van der Waals surface area contributed by atoms with E-state index in [-0.39, 0.29) is 15.8 Å². The third-order valence-electron chi connectivity index (χ3n) is 5.87. The average molecular weight is 431 g/mol. The van der Waals surface area contributed by atoms with Crippen molar-refractivity contribution >= 4 is 20.0 Å². The largest absolute Gasteiger partial charge is 0.334 e. The molecule has 28 heavy (non-hydrogen) atoms. The van der Waals surface area contributed by atoms with Crippen molar-refractivity contribution in [2.75, 3.05) is 32.7 Å². The number of piperidine rings is 1. The highest BCUT2D eigenvalue weighted by molar-refractivity contribution is 7.89. The summed E-state index contributed by atoms with van der Waals surface area (Å²) in [5.41, 5.74) is 0. The summed E-state index contributed by atoms with van der Waals surface area (Å²) in [6.07, 6.45) is 5.99. The van der Waals surface area contributed by atoms with Crippen LogP contribution in [-0.2, 0) is 20.0 Å². The van der Waals surface area contributed by atoms with Crippen LogP contribution < -0.4 is 9.62 Å². The lowest BCUT2D eigenvalue weighted by Crippen LogP contribution is -3.10. The molecule has 7 nitrogen and oxygen atoms in total. The Hall–Kier alpha value is -1.00. The summed E-state index contributed by atoms with van der Waals surface area (Å²) in [4.78, 5) is 1.69. The van der Waals surface area contributed by atoms with Crippen molar-refractivity contribution in [3.05, 3.63) is 24.3 Å². The van der Waals surface area contributed by atoms with Crippen molar-refractivity contribution in [3.63, 3.8) is 0 Å². The van der Waals surface area contributed by atoms with Crippen molar-refractivity contribution < 1.29 is 21.7 Å². The molecule has 2 aliphatic heterocycles. The second-order valence-corrected chi connectivity index (χ2v) is 11.4. The molecule has 1 aromatic rings. The molecule has 2 aliphatic rings. The molecule has 1 aromatic carbocycles. The number of likely N-dealkylation sites (tertiary alicyclic amines) is 1. The Bertz CT molecular complexity index is 848. The Morgan fingerprint density at radius 2 is 1.64 bits per heavy atom. The molecule has 2 heterocycles. The molecule has 0 saturated carbocycles. The smallest absolute Gasteiger partial charge is 0.243 e. The van der Waals surface area contributed by atoms with Crippen molar-refractivity contribution in [2.45, 2.75) is 61.3 Å². The summed E-state index contributed by atoms with van der Waals surface area (Å²) >= 11 is 0. The van der Waals surface area contributed by atoms with E-state index in [2.05, 4.69) is 4.72 Å². The number of nitrogens with zero attached hydrogens (tertiary/aromatic N) is 1. The molecule has 0 unspecified atom stereocenters. The molecule has 1 atom stereocenters. The number of quaternary nitrogens is 1. The maximum absolute atomic E-state index is 13.0. The fourth-order valence-corrected chi connectivity index (χ4v) is 6.99. The lowest BCUT2D eigenvalue weighted by Gasteiger charge is -2.34. The predicted molar refractivity (Wildman–Crippen MR) is 108 cm³/mol. The lowest BCUT2D eigenvalue weighted by atomic mass is 10.0. The lowest BCUT2D eigenvalue weighted by molar-refractivity contribution is -0.886. The summed E-state index contributed by atoms with van der Waals surface area (Å²) in [6, 6.07) is 5.64. The minimum absolute atomic E-state index is 0.0249. The topological polar surface area (TPSA) is 88.0 Å². The molecule has 0 aromatic heterocycles. The first-order chi connectivity index (χ1) is 13.3. The van der Waals surface area contributed by atoms with Gasteiger partial charge in [-0.15, -0.1) is 0 Å². The van der Waals surface area contributed by atoms with Gasteiger partial charge in [0.2, 0.25) is 20.0 Å². The third kappa shape index (κ3) is 4.94. The van der Waals surface area contributed by atoms with Crippen LogP contribution in [0.1, 0.15) is 45.4 Å². The summed E-state index contributed by atoms with van der Waals surface area (Å²) in [7, 11) is -7.23. The first-order valence-corrected chi connectivity index (χ1v) is 13.2. The molecule has 0 spiro atoms. The molecule has 9 heteroatoms. The second kappa shape index (κ2) is 9.21. The van der Waals surface area contributed by atoms with Gasteiger partial charge in [-0.2, -0.15) is 4.31 Å². The fourth-order valence-electron chi connectivity index (χ4n) is 4.20. The maximum atomic E-state index is 13.0. The highest BCUT2D eigenvalue weighted by Crippen LogP contribution is 2.27. The Balaban J connectivity index is 1.67. The van der Waals surface area contributed by atoms with Gasteiger partial charge in [0.25, 0.3) is 0 Å². The van der Waals surface area contributed by atoms with Crippen molar-refractivity contribution in [1.82, 2.24) is 9.03 Å². The minimum Gasteiger partial charge on any atom is -0.334 e. The molecule has 2 saturated heterocycles. The third-order valence-corrected chi connectivity index (χ3v) is 9.31. The first-order valence-electron chi connectivity index (χ1n) is 10.3. The number of rotatable bonds is 8. The molecular formula is C19H32N3O4S2+. The molecule has 3 rings (SSSR count). The van der Waals surface area contributed by atoms with E-state index in [1.54, 1.807) is 4.31 Å². The number of hydrogen-bond acceptors (Lipinski definition) is 4. The van der Waals surface area contributed by atoms with E-state index in [9.17, 15) is 16.8 Å². The van der Waals surface area contributed by atoms with Gasteiger partial charge >= 0.3 is 0 Å². The highest BCUT2D eigenvalue weighted by Gasteiger charge is 2.32. The standard InChI is InChI=1S/C19H31N3O4S2/c1-2-17-7-3-4-15-22(17)28(25,26)19-10-8-18(9-11-19)27(23,24)20-12-16-21-13-5-6-14-21/h8-11,17,20H,2-7,12-16H2,1H3/p+1/t17-/m0/s1. The van der Waals surface area contributed by atoms with Gasteiger partial charge in [-0.3, -0.25) is 0 Å². The van der Waals surface area contributed by atoms with Crippen LogP contribution in [0.15, 0.2) is 34.1 Å². The summed E-state index contributed by atoms with van der Waals surface area (Å²) in [6.45, 7) is 5.90. The second-order valence-electron chi connectivity index (χ2n) is 7.75. The van der Waals surface area contributed by atoms with Crippen LogP contribution >= 0.6 is 0 Å². The van der Waals surface area contributed by atoms with Gasteiger partial charge in [0, 0.05) is 25.4 Å². The summed E-state index contributed by atoms with van der Waals surface area (Å²) < 4.78 is 55.2. The quantitative estimate of drug-likeness (QED) is 0.632. The van der Waals surface area contributed by atoms with Gasteiger partial charge in [-0.05, 0) is 43.5 Å². The number of hydrogen-bond donors (Lipinski definition) is 2. The van der Waals surface area contributed by atoms with Gasteiger partial charge in [0.15, 0.2) is 0 Å². The molecular weight excluding hydrogens is 398 g/mol. The van der Waals surface area contributed by atoms with Gasteiger partial charge in [-0.1, -0.05) is 13.3 Å². The van der Waals surface area contributed by atoms with E-state index >= 15 is 0 Å². The molecule has 0 amide bonds. The van der Waals surface area contributed by atoms with Gasteiger partial charge in [0.1, 0.15) is 0 Å². The van der Waals surface area contributed by atoms with E-state index in [0.29, 0.717) is 13.1 Å². The van der Waals surface area contributed by atoms with Gasteiger partial charge in [-0.25, -0.2) is 21.6 Å². The Morgan fingerprint density at radius 3 is 2.29 bits per heavy atom. The van der Waals surface area contributed by atoms with Crippen LogP contribution in [0.3, 0.4) is 0 Å². The van der Waals surface area contributed by atoms with Crippen LogP contribution in [0.4, 0.5) is 0 Å². The van der Waals surface area contributed by atoms with Crippen LogP contribution in [0.25, 0.3) is 0 Å². The monoisotopic (exact) mass is 430 g/mol. The number of sulfonamides is 2. The van der Waals surface area contributed by atoms with Crippen LogP contribution in [0.2, 0.25) is 0 Å². The minimum atomic E-state index is -3.63. The van der Waals surface area contributed by atoms with E-state index in [4.69, 9.17) is 0 Å². The number of benzene rings is 1. The van der Waals surface area contributed by atoms with E-state index < -0.39 is 20.0 Å². The molecule has 0 radical (unpaired) electrons. The SMILES string of the molecule is CC[C@H]1CCCCN1S(=O)(=O)c1ccc(S(=O)(=O)NCC[NH+]2CCCC2)cc1. The maximum Gasteiger partial charge on any atom is 0.243 e. The van der Waals surface area contributed by atoms with Gasteiger partial charge in [0.05, 0.1) is 36.0 Å². The molecule has 0 bridgehead atoms. The highest BCUT2D eigenvalue weighted by atomic mass is 32.2. The molecule has 0 aliphatic carbocycles. The van der Waals surface area contributed by atoms with Gasteiger partial charge < -0.3 is 4.90 Å². The van der Waals surface area contributed by atoms with Crippen LogP contribution in [0.5, 0.6) is 0 Å². The Kier molecular flexibility index (Phi) is 7.14. The number of nitrogens with one attached hydrogen (secondary N) is 2. The summed E-state index contributed by atoms with van der Waals surface area (Å²) in [5.74, 6) is 0. The van der Waals surface area contributed by atoms with E-state index in [1.807, 2.05) is 6.92 Å². The zero-order chi connectivity index (χ0) is 20.2. The predicted octanol–water partition coefficient (Wildman–Crippen LogP) is 0.597. The molecule has 158 valence electrons. The van der Waals surface area contributed by atoms with Crippen LogP contribution in [0, 0.1) is 0 Å². The van der Waals surface area contributed by atoms with Crippen molar-refractivity contribution in [2.24, 2.45) is 0 Å².